The Morgan fingerprint density at radius 2 is 1.47 bits per heavy atom. The maximum atomic E-state index is 11.9. The molecular weight excluding hydrogens is 244 g/mol. The molecule has 0 saturated heterocycles. The first-order valence-electron chi connectivity index (χ1n) is 7.23. The van der Waals surface area contributed by atoms with Gasteiger partial charge in [-0.05, 0) is 52.9 Å². The quantitative estimate of drug-likeness (QED) is 0.737. The summed E-state index contributed by atoms with van der Waals surface area (Å²) in [6.45, 7) is 8.09. The van der Waals surface area contributed by atoms with E-state index in [1.165, 1.54) is 0 Å². The standard InChI is InChI=1S/C15H26O4/c1-5-10-18-13(16)11-6-8-12(9-7-11)14(17)19-15(2,3)4/h11-12H,5-10H2,1-4H3. The van der Waals surface area contributed by atoms with Crippen molar-refractivity contribution in [1.82, 2.24) is 0 Å². The summed E-state index contributed by atoms with van der Waals surface area (Å²) in [5.41, 5.74) is -0.437. The van der Waals surface area contributed by atoms with Gasteiger partial charge in [0.25, 0.3) is 0 Å². The zero-order chi connectivity index (χ0) is 14.5. The number of esters is 2. The van der Waals surface area contributed by atoms with Crippen LogP contribution >= 0.6 is 0 Å². The van der Waals surface area contributed by atoms with Gasteiger partial charge in [0.1, 0.15) is 5.60 Å². The lowest BCUT2D eigenvalue weighted by atomic mass is 9.82. The Balaban J connectivity index is 2.36. The lowest BCUT2D eigenvalue weighted by Gasteiger charge is -2.28. The van der Waals surface area contributed by atoms with E-state index in [1.807, 2.05) is 27.7 Å². The van der Waals surface area contributed by atoms with Crippen LogP contribution in [0.15, 0.2) is 0 Å². The average molecular weight is 270 g/mol. The number of rotatable bonds is 4. The average Bonchev–Trinajstić information content (AvgIpc) is 2.34. The second-order valence-electron chi connectivity index (χ2n) is 6.25. The van der Waals surface area contributed by atoms with Gasteiger partial charge in [0.2, 0.25) is 0 Å². The molecule has 110 valence electrons. The second-order valence-corrected chi connectivity index (χ2v) is 6.25. The SMILES string of the molecule is CCCOC(=O)C1CCC(C(=O)OC(C)(C)C)CC1. The Morgan fingerprint density at radius 1 is 1.00 bits per heavy atom. The van der Waals surface area contributed by atoms with Crippen molar-refractivity contribution in [2.75, 3.05) is 6.61 Å². The molecule has 4 nitrogen and oxygen atoms in total. The predicted octanol–water partition coefficient (Wildman–Crippen LogP) is 3.09. The van der Waals surface area contributed by atoms with E-state index in [1.54, 1.807) is 0 Å². The van der Waals surface area contributed by atoms with Crippen LogP contribution < -0.4 is 0 Å². The Hall–Kier alpha value is -1.06. The van der Waals surface area contributed by atoms with Gasteiger partial charge in [0.15, 0.2) is 0 Å². The van der Waals surface area contributed by atoms with Gasteiger partial charge >= 0.3 is 11.9 Å². The molecule has 1 fully saturated rings. The van der Waals surface area contributed by atoms with Gasteiger partial charge in [-0.3, -0.25) is 9.59 Å². The zero-order valence-corrected chi connectivity index (χ0v) is 12.5. The van der Waals surface area contributed by atoms with Crippen LogP contribution in [0.3, 0.4) is 0 Å². The Labute approximate surface area is 115 Å². The predicted molar refractivity (Wildman–Crippen MR) is 72.5 cm³/mol. The van der Waals surface area contributed by atoms with E-state index in [4.69, 9.17) is 9.47 Å². The summed E-state index contributed by atoms with van der Waals surface area (Å²) < 4.78 is 10.5. The van der Waals surface area contributed by atoms with Crippen LogP contribution in [0, 0.1) is 11.8 Å². The van der Waals surface area contributed by atoms with Crippen molar-refractivity contribution in [3.63, 3.8) is 0 Å². The third-order valence-electron chi connectivity index (χ3n) is 3.25. The highest BCUT2D eigenvalue weighted by molar-refractivity contribution is 5.75. The van der Waals surface area contributed by atoms with Gasteiger partial charge in [0, 0.05) is 0 Å². The fraction of sp³-hybridized carbons (Fsp3) is 0.867. The third kappa shape index (κ3) is 5.62. The molecule has 0 aliphatic heterocycles. The lowest BCUT2D eigenvalue weighted by Crippen LogP contribution is -2.32. The van der Waals surface area contributed by atoms with Crippen LogP contribution in [-0.4, -0.2) is 24.1 Å². The fourth-order valence-electron chi connectivity index (χ4n) is 2.27. The molecule has 19 heavy (non-hydrogen) atoms. The number of carbonyl (C=O) groups is 2. The van der Waals surface area contributed by atoms with Crippen molar-refractivity contribution in [2.45, 2.75) is 65.4 Å². The topological polar surface area (TPSA) is 52.6 Å². The molecule has 0 spiro atoms. The highest BCUT2D eigenvalue weighted by Gasteiger charge is 2.33. The first-order valence-corrected chi connectivity index (χ1v) is 7.23. The van der Waals surface area contributed by atoms with E-state index in [0.29, 0.717) is 6.61 Å². The smallest absolute Gasteiger partial charge is 0.309 e. The monoisotopic (exact) mass is 270 g/mol. The molecule has 0 heterocycles. The summed E-state index contributed by atoms with van der Waals surface area (Å²) in [7, 11) is 0. The molecule has 0 N–H and O–H groups in total. The van der Waals surface area contributed by atoms with Crippen LogP contribution in [0.4, 0.5) is 0 Å². The van der Waals surface area contributed by atoms with Crippen molar-refractivity contribution in [3.8, 4) is 0 Å². The van der Waals surface area contributed by atoms with E-state index < -0.39 is 5.60 Å². The molecule has 4 heteroatoms. The van der Waals surface area contributed by atoms with Gasteiger partial charge in [-0.25, -0.2) is 0 Å². The zero-order valence-electron chi connectivity index (χ0n) is 12.5. The number of hydrogen-bond acceptors (Lipinski definition) is 4. The van der Waals surface area contributed by atoms with Crippen LogP contribution in [-0.2, 0) is 19.1 Å². The molecule has 0 bridgehead atoms. The molecule has 0 aromatic heterocycles. The normalized spacial score (nSPS) is 23.8. The summed E-state index contributed by atoms with van der Waals surface area (Å²) in [4.78, 5) is 23.6. The maximum absolute atomic E-state index is 11.9. The highest BCUT2D eigenvalue weighted by atomic mass is 16.6. The summed E-state index contributed by atoms with van der Waals surface area (Å²) in [5, 5.41) is 0. The summed E-state index contributed by atoms with van der Waals surface area (Å²) in [6.07, 6.45) is 3.75. The summed E-state index contributed by atoms with van der Waals surface area (Å²) in [6, 6.07) is 0. The van der Waals surface area contributed by atoms with Gasteiger partial charge in [-0.2, -0.15) is 0 Å². The molecule has 0 amide bonds. The Kier molecular flexibility index (Phi) is 5.83. The molecule has 1 saturated carbocycles. The minimum atomic E-state index is -0.437. The number of carbonyl (C=O) groups excluding carboxylic acids is 2. The number of hydrogen-bond donors (Lipinski definition) is 0. The Morgan fingerprint density at radius 3 is 1.89 bits per heavy atom. The van der Waals surface area contributed by atoms with E-state index in [0.717, 1.165) is 32.1 Å². The molecule has 0 aromatic carbocycles. The molecule has 0 atom stereocenters. The molecule has 0 radical (unpaired) electrons. The molecule has 1 rings (SSSR count). The molecule has 0 unspecified atom stereocenters. The molecule has 1 aliphatic carbocycles. The van der Waals surface area contributed by atoms with E-state index in [-0.39, 0.29) is 23.8 Å². The van der Waals surface area contributed by atoms with Crippen LogP contribution in [0.2, 0.25) is 0 Å². The van der Waals surface area contributed by atoms with E-state index in [2.05, 4.69) is 0 Å². The van der Waals surface area contributed by atoms with Gasteiger partial charge in [-0.15, -0.1) is 0 Å². The Bertz CT molecular complexity index is 309. The fourth-order valence-corrected chi connectivity index (χ4v) is 2.27. The highest BCUT2D eigenvalue weighted by Crippen LogP contribution is 2.31. The van der Waals surface area contributed by atoms with Gasteiger partial charge in [-0.1, -0.05) is 6.92 Å². The minimum Gasteiger partial charge on any atom is -0.465 e. The van der Waals surface area contributed by atoms with E-state index >= 15 is 0 Å². The summed E-state index contributed by atoms with van der Waals surface area (Å²) in [5.74, 6) is -0.336. The van der Waals surface area contributed by atoms with Crippen molar-refractivity contribution < 1.29 is 19.1 Å². The van der Waals surface area contributed by atoms with Crippen molar-refractivity contribution in [1.29, 1.82) is 0 Å². The maximum Gasteiger partial charge on any atom is 0.309 e. The molecule has 1 aliphatic rings. The third-order valence-corrected chi connectivity index (χ3v) is 3.25. The van der Waals surface area contributed by atoms with Crippen LogP contribution in [0.25, 0.3) is 0 Å². The van der Waals surface area contributed by atoms with Gasteiger partial charge in [0.05, 0.1) is 18.4 Å². The largest absolute Gasteiger partial charge is 0.465 e. The minimum absolute atomic E-state index is 0.0368. The van der Waals surface area contributed by atoms with Gasteiger partial charge < -0.3 is 9.47 Å². The van der Waals surface area contributed by atoms with Crippen LogP contribution in [0.1, 0.15) is 59.8 Å². The molecular formula is C15H26O4. The first kappa shape index (κ1) is 16.0. The van der Waals surface area contributed by atoms with Crippen molar-refractivity contribution in [3.05, 3.63) is 0 Å². The number of ether oxygens (including phenoxy) is 2. The molecule has 0 aromatic rings. The summed E-state index contributed by atoms with van der Waals surface area (Å²) >= 11 is 0. The first-order chi connectivity index (χ1) is 8.83. The van der Waals surface area contributed by atoms with Crippen molar-refractivity contribution >= 4 is 11.9 Å². The van der Waals surface area contributed by atoms with E-state index in [9.17, 15) is 9.59 Å². The lowest BCUT2D eigenvalue weighted by molar-refractivity contribution is -0.163. The van der Waals surface area contributed by atoms with Crippen molar-refractivity contribution in [2.24, 2.45) is 11.8 Å². The second kappa shape index (κ2) is 6.92. The van der Waals surface area contributed by atoms with Crippen LogP contribution in [0.5, 0.6) is 0 Å².